The van der Waals surface area contributed by atoms with Gasteiger partial charge in [-0.1, -0.05) is 30.3 Å². The van der Waals surface area contributed by atoms with Crippen LogP contribution < -0.4 is 10.6 Å². The highest BCUT2D eigenvalue weighted by atomic mass is 16.6. The zero-order valence-corrected chi connectivity index (χ0v) is 12.5. The molecule has 8 heteroatoms. The number of para-hydroxylation sites is 1. The number of nitro benzene ring substituents is 1. The fourth-order valence-corrected chi connectivity index (χ4v) is 2.13. The van der Waals surface area contributed by atoms with E-state index >= 15 is 0 Å². The molecule has 1 atom stereocenters. The van der Waals surface area contributed by atoms with E-state index in [9.17, 15) is 19.7 Å². The van der Waals surface area contributed by atoms with E-state index < -0.39 is 29.4 Å². The fraction of sp³-hybridized carbons (Fsp3) is 0.125. The number of hydrogen-bond donors (Lipinski definition) is 3. The van der Waals surface area contributed by atoms with Gasteiger partial charge in [0.2, 0.25) is 0 Å². The van der Waals surface area contributed by atoms with Crippen molar-refractivity contribution in [1.29, 1.82) is 0 Å². The average molecular weight is 329 g/mol. The zero-order valence-electron chi connectivity index (χ0n) is 12.5. The molecule has 0 aromatic heterocycles. The number of nitrogens with zero attached hydrogens (tertiary/aromatic N) is 1. The molecule has 2 amide bonds. The van der Waals surface area contributed by atoms with Gasteiger partial charge in [0, 0.05) is 17.8 Å². The molecule has 0 spiro atoms. The van der Waals surface area contributed by atoms with Crippen LogP contribution in [0.4, 0.5) is 16.2 Å². The highest BCUT2D eigenvalue weighted by Crippen LogP contribution is 2.22. The lowest BCUT2D eigenvalue weighted by molar-refractivity contribution is -0.384. The van der Waals surface area contributed by atoms with Crippen LogP contribution in [0.15, 0.2) is 54.6 Å². The lowest BCUT2D eigenvalue weighted by Crippen LogP contribution is -2.33. The number of urea groups is 1. The van der Waals surface area contributed by atoms with E-state index in [4.69, 9.17) is 5.11 Å². The van der Waals surface area contributed by atoms with Crippen LogP contribution in [-0.2, 0) is 4.79 Å². The van der Waals surface area contributed by atoms with E-state index in [-0.39, 0.29) is 5.69 Å². The third-order valence-corrected chi connectivity index (χ3v) is 3.20. The number of anilines is 1. The number of aliphatic carboxylic acids is 1. The van der Waals surface area contributed by atoms with E-state index in [1.807, 2.05) is 0 Å². The van der Waals surface area contributed by atoms with Crippen LogP contribution in [0, 0.1) is 10.1 Å². The summed E-state index contributed by atoms with van der Waals surface area (Å²) < 4.78 is 0. The molecule has 24 heavy (non-hydrogen) atoms. The standard InChI is InChI=1S/C16H15N3O5/c20-15(21)10-14(11-5-4-8-13(9-11)19(23)24)18-16(22)17-12-6-2-1-3-7-12/h1-9,14H,10H2,(H,20,21)(H2,17,18,22)/t14-/m1/s1. The molecule has 0 radical (unpaired) electrons. The highest BCUT2D eigenvalue weighted by molar-refractivity contribution is 5.89. The monoisotopic (exact) mass is 329 g/mol. The molecule has 0 aliphatic rings. The Morgan fingerprint density at radius 1 is 1.12 bits per heavy atom. The van der Waals surface area contributed by atoms with Crippen molar-refractivity contribution in [1.82, 2.24) is 5.32 Å². The van der Waals surface area contributed by atoms with E-state index in [0.717, 1.165) is 0 Å². The average Bonchev–Trinajstić information content (AvgIpc) is 2.55. The van der Waals surface area contributed by atoms with Crippen molar-refractivity contribution in [2.75, 3.05) is 5.32 Å². The van der Waals surface area contributed by atoms with Crippen LogP contribution in [0.2, 0.25) is 0 Å². The summed E-state index contributed by atoms with van der Waals surface area (Å²) in [6, 6.07) is 12.7. The van der Waals surface area contributed by atoms with Crippen molar-refractivity contribution in [2.45, 2.75) is 12.5 Å². The maximum absolute atomic E-state index is 12.0. The molecule has 0 aliphatic heterocycles. The molecule has 0 unspecified atom stereocenters. The lowest BCUT2D eigenvalue weighted by atomic mass is 10.0. The summed E-state index contributed by atoms with van der Waals surface area (Å²) in [4.78, 5) is 33.4. The molecule has 0 saturated heterocycles. The topological polar surface area (TPSA) is 122 Å². The molecule has 0 heterocycles. The van der Waals surface area contributed by atoms with Gasteiger partial charge in [-0.2, -0.15) is 0 Å². The second-order valence-corrected chi connectivity index (χ2v) is 4.97. The Bertz CT molecular complexity index is 748. The number of carbonyl (C=O) groups excluding carboxylic acids is 1. The van der Waals surface area contributed by atoms with E-state index in [1.54, 1.807) is 30.3 Å². The number of carbonyl (C=O) groups is 2. The minimum atomic E-state index is -1.13. The van der Waals surface area contributed by atoms with E-state index in [2.05, 4.69) is 10.6 Å². The molecule has 0 bridgehead atoms. The summed E-state index contributed by atoms with van der Waals surface area (Å²) in [7, 11) is 0. The first-order valence-corrected chi connectivity index (χ1v) is 7.04. The molecule has 8 nitrogen and oxygen atoms in total. The number of rotatable bonds is 6. The molecular formula is C16H15N3O5. The number of nitro groups is 1. The second kappa shape index (κ2) is 7.73. The number of benzene rings is 2. The smallest absolute Gasteiger partial charge is 0.319 e. The maximum Gasteiger partial charge on any atom is 0.319 e. The first kappa shape index (κ1) is 16.9. The van der Waals surface area contributed by atoms with Crippen LogP contribution in [-0.4, -0.2) is 22.0 Å². The Kier molecular flexibility index (Phi) is 5.45. The van der Waals surface area contributed by atoms with Gasteiger partial charge in [-0.25, -0.2) is 4.79 Å². The molecule has 2 aromatic rings. The van der Waals surface area contributed by atoms with Gasteiger partial charge in [0.15, 0.2) is 0 Å². The fourth-order valence-electron chi connectivity index (χ4n) is 2.13. The van der Waals surface area contributed by atoms with Crippen molar-refractivity contribution >= 4 is 23.4 Å². The van der Waals surface area contributed by atoms with E-state index in [0.29, 0.717) is 11.3 Å². The predicted octanol–water partition coefficient (Wildman–Crippen LogP) is 2.93. The summed E-state index contributed by atoms with van der Waals surface area (Å²) in [6.07, 6.45) is -0.399. The third kappa shape index (κ3) is 4.80. The summed E-state index contributed by atoms with van der Waals surface area (Å²) in [5.74, 6) is -1.13. The highest BCUT2D eigenvalue weighted by Gasteiger charge is 2.20. The molecule has 0 fully saturated rings. The number of amides is 2. The Labute approximate surface area is 137 Å². The third-order valence-electron chi connectivity index (χ3n) is 3.20. The Morgan fingerprint density at radius 2 is 1.83 bits per heavy atom. The number of nitrogens with one attached hydrogen (secondary N) is 2. The Balaban J connectivity index is 2.16. The van der Waals surface area contributed by atoms with Gasteiger partial charge in [0.25, 0.3) is 5.69 Å². The molecule has 0 aliphatic carbocycles. The van der Waals surface area contributed by atoms with Gasteiger partial charge in [0.05, 0.1) is 17.4 Å². The van der Waals surface area contributed by atoms with Crippen molar-refractivity contribution in [3.63, 3.8) is 0 Å². The van der Waals surface area contributed by atoms with Crippen molar-refractivity contribution < 1.29 is 19.6 Å². The number of hydrogen-bond acceptors (Lipinski definition) is 4. The molecular weight excluding hydrogens is 314 g/mol. The van der Waals surface area contributed by atoms with Crippen LogP contribution in [0.3, 0.4) is 0 Å². The van der Waals surface area contributed by atoms with E-state index in [1.165, 1.54) is 24.3 Å². The van der Waals surface area contributed by atoms with Crippen LogP contribution in [0.25, 0.3) is 0 Å². The predicted molar refractivity (Wildman–Crippen MR) is 86.7 cm³/mol. The summed E-state index contributed by atoms with van der Waals surface area (Å²) >= 11 is 0. The molecule has 2 rings (SSSR count). The van der Waals surface area contributed by atoms with Gasteiger partial charge in [-0.05, 0) is 17.7 Å². The molecule has 124 valence electrons. The number of non-ortho nitro benzene ring substituents is 1. The van der Waals surface area contributed by atoms with Crippen molar-refractivity contribution in [3.8, 4) is 0 Å². The Hall–Kier alpha value is -3.42. The summed E-state index contributed by atoms with van der Waals surface area (Å²) in [6.45, 7) is 0. The van der Waals surface area contributed by atoms with Gasteiger partial charge in [-0.3, -0.25) is 14.9 Å². The normalized spacial score (nSPS) is 11.3. The number of carboxylic acid groups (broad SMARTS) is 1. The van der Waals surface area contributed by atoms with Crippen LogP contribution >= 0.6 is 0 Å². The minimum absolute atomic E-state index is 0.173. The van der Waals surface area contributed by atoms with Crippen LogP contribution in [0.5, 0.6) is 0 Å². The van der Waals surface area contributed by atoms with Gasteiger partial charge in [-0.15, -0.1) is 0 Å². The minimum Gasteiger partial charge on any atom is -0.481 e. The SMILES string of the molecule is O=C(O)C[C@@H](NC(=O)Nc1ccccc1)c1cccc([N+](=O)[O-])c1. The van der Waals surface area contributed by atoms with Crippen molar-refractivity contribution in [3.05, 3.63) is 70.3 Å². The number of carboxylic acids is 1. The van der Waals surface area contributed by atoms with Crippen molar-refractivity contribution in [2.24, 2.45) is 0 Å². The van der Waals surface area contributed by atoms with Crippen LogP contribution in [0.1, 0.15) is 18.0 Å². The lowest BCUT2D eigenvalue weighted by Gasteiger charge is -2.18. The van der Waals surface area contributed by atoms with Gasteiger partial charge in [0.1, 0.15) is 0 Å². The largest absolute Gasteiger partial charge is 0.481 e. The summed E-state index contributed by atoms with van der Waals surface area (Å²) in [5.41, 5.74) is 0.714. The molecule has 3 N–H and O–H groups in total. The molecule has 2 aromatic carbocycles. The molecule has 0 saturated carbocycles. The second-order valence-electron chi connectivity index (χ2n) is 4.97. The first-order chi connectivity index (χ1) is 11.5. The van der Waals surface area contributed by atoms with Gasteiger partial charge < -0.3 is 15.7 Å². The zero-order chi connectivity index (χ0) is 17.5. The summed E-state index contributed by atoms with van der Waals surface area (Å²) in [5, 5.41) is 25.0. The Morgan fingerprint density at radius 3 is 2.46 bits per heavy atom. The maximum atomic E-state index is 12.0. The quantitative estimate of drug-likeness (QED) is 0.555. The van der Waals surface area contributed by atoms with Gasteiger partial charge >= 0.3 is 12.0 Å². The first-order valence-electron chi connectivity index (χ1n) is 7.04.